The summed E-state index contributed by atoms with van der Waals surface area (Å²) in [6.45, 7) is 1.49. The third-order valence-corrected chi connectivity index (χ3v) is 4.08. The van der Waals surface area contributed by atoms with E-state index in [2.05, 4.69) is 20.8 Å². The van der Waals surface area contributed by atoms with Gasteiger partial charge in [-0.15, -0.1) is 0 Å². The number of benzene rings is 1. The molecule has 1 aliphatic heterocycles. The van der Waals surface area contributed by atoms with Crippen molar-refractivity contribution < 1.29 is 4.92 Å². The van der Waals surface area contributed by atoms with E-state index in [1.807, 2.05) is 19.2 Å². The molecule has 2 rings (SSSR count). The van der Waals surface area contributed by atoms with Gasteiger partial charge in [0.2, 0.25) is 0 Å². The lowest BCUT2D eigenvalue weighted by Gasteiger charge is -2.24. The molecule has 1 aliphatic rings. The molecule has 18 heavy (non-hydrogen) atoms. The van der Waals surface area contributed by atoms with Gasteiger partial charge >= 0.3 is 0 Å². The first kappa shape index (κ1) is 13.5. The fourth-order valence-electron chi connectivity index (χ4n) is 2.69. The summed E-state index contributed by atoms with van der Waals surface area (Å²) in [5.41, 5.74) is 6.70. The maximum absolute atomic E-state index is 11.2. The molecule has 0 amide bonds. The summed E-state index contributed by atoms with van der Waals surface area (Å²) in [5.74, 6) is 0.287. The maximum atomic E-state index is 11.2. The topological polar surface area (TPSA) is 72.4 Å². The Labute approximate surface area is 114 Å². The first-order valence-corrected chi connectivity index (χ1v) is 6.68. The lowest BCUT2D eigenvalue weighted by Crippen LogP contribution is -2.25. The van der Waals surface area contributed by atoms with Crippen molar-refractivity contribution >= 4 is 21.6 Å². The summed E-state index contributed by atoms with van der Waals surface area (Å²) >= 11 is 3.28. The van der Waals surface area contributed by atoms with Gasteiger partial charge in [0.25, 0.3) is 5.69 Å². The zero-order valence-corrected chi connectivity index (χ0v) is 11.8. The van der Waals surface area contributed by atoms with Crippen LogP contribution in [0.4, 0.5) is 5.69 Å². The van der Waals surface area contributed by atoms with Crippen molar-refractivity contribution in [2.75, 3.05) is 20.1 Å². The monoisotopic (exact) mass is 313 g/mol. The van der Waals surface area contributed by atoms with Gasteiger partial charge in [-0.25, -0.2) is 0 Å². The number of rotatable bonds is 3. The highest BCUT2D eigenvalue weighted by atomic mass is 79.9. The normalized spacial score (nSPS) is 24.4. The zero-order valence-electron chi connectivity index (χ0n) is 10.2. The number of halogens is 1. The third kappa shape index (κ3) is 2.41. The molecular formula is C12H16BrN3O2. The van der Waals surface area contributed by atoms with Crippen LogP contribution in [-0.4, -0.2) is 30.0 Å². The summed E-state index contributed by atoms with van der Waals surface area (Å²) in [4.78, 5) is 13.0. The molecule has 2 N–H and O–H groups in total. The fourth-order valence-corrected chi connectivity index (χ4v) is 3.04. The predicted molar refractivity (Wildman–Crippen MR) is 73.3 cm³/mol. The van der Waals surface area contributed by atoms with E-state index in [0.717, 1.165) is 23.0 Å². The van der Waals surface area contributed by atoms with Gasteiger partial charge in [-0.3, -0.25) is 15.0 Å². The van der Waals surface area contributed by atoms with E-state index in [4.69, 9.17) is 5.73 Å². The minimum atomic E-state index is -0.320. The minimum Gasteiger partial charge on any atom is -0.330 e. The van der Waals surface area contributed by atoms with Crippen LogP contribution >= 0.6 is 15.9 Å². The van der Waals surface area contributed by atoms with E-state index >= 15 is 0 Å². The maximum Gasteiger partial charge on any atom is 0.275 e. The van der Waals surface area contributed by atoms with Crippen LogP contribution in [-0.2, 0) is 0 Å². The highest BCUT2D eigenvalue weighted by molar-refractivity contribution is 9.10. The standard InChI is InChI=1S/C12H16BrN3O2/c1-15-5-4-8(7-14)12(15)10-3-2-9(13)6-11(10)16(17)18/h2-3,6,8,12H,4-5,7,14H2,1H3. The van der Waals surface area contributed by atoms with Crippen molar-refractivity contribution in [2.24, 2.45) is 11.7 Å². The van der Waals surface area contributed by atoms with Gasteiger partial charge in [0.1, 0.15) is 0 Å². The first-order valence-electron chi connectivity index (χ1n) is 5.88. The molecule has 0 aliphatic carbocycles. The summed E-state index contributed by atoms with van der Waals surface area (Å²) in [6.07, 6.45) is 0.991. The Morgan fingerprint density at radius 3 is 2.94 bits per heavy atom. The highest BCUT2D eigenvalue weighted by Crippen LogP contribution is 2.40. The molecule has 5 nitrogen and oxygen atoms in total. The van der Waals surface area contributed by atoms with Crippen molar-refractivity contribution in [1.29, 1.82) is 0 Å². The highest BCUT2D eigenvalue weighted by Gasteiger charge is 2.36. The molecule has 0 radical (unpaired) electrons. The minimum absolute atomic E-state index is 0.0449. The lowest BCUT2D eigenvalue weighted by molar-refractivity contribution is -0.386. The van der Waals surface area contributed by atoms with Crippen LogP contribution < -0.4 is 5.73 Å². The Balaban J connectivity index is 2.46. The lowest BCUT2D eigenvalue weighted by atomic mass is 9.93. The van der Waals surface area contributed by atoms with Crippen LogP contribution in [0.25, 0.3) is 0 Å². The Kier molecular flexibility index (Phi) is 3.99. The van der Waals surface area contributed by atoms with Crippen LogP contribution in [0.2, 0.25) is 0 Å². The van der Waals surface area contributed by atoms with Crippen LogP contribution in [0.5, 0.6) is 0 Å². The smallest absolute Gasteiger partial charge is 0.275 e. The van der Waals surface area contributed by atoms with Crippen LogP contribution in [0, 0.1) is 16.0 Å². The number of hydrogen-bond acceptors (Lipinski definition) is 4. The molecule has 2 atom stereocenters. The van der Waals surface area contributed by atoms with Crippen molar-refractivity contribution in [2.45, 2.75) is 12.5 Å². The van der Waals surface area contributed by atoms with Crippen molar-refractivity contribution in [1.82, 2.24) is 4.90 Å². The molecular weight excluding hydrogens is 298 g/mol. The summed E-state index contributed by atoms with van der Waals surface area (Å²) in [6, 6.07) is 5.29. The van der Waals surface area contributed by atoms with Gasteiger partial charge in [0.15, 0.2) is 0 Å². The van der Waals surface area contributed by atoms with Gasteiger partial charge in [0.05, 0.1) is 4.92 Å². The number of nitro benzene ring substituents is 1. The van der Waals surface area contributed by atoms with Gasteiger partial charge in [-0.1, -0.05) is 15.9 Å². The second-order valence-electron chi connectivity index (χ2n) is 4.67. The van der Waals surface area contributed by atoms with Gasteiger partial charge in [0, 0.05) is 22.1 Å². The molecule has 0 aromatic heterocycles. The Morgan fingerprint density at radius 1 is 1.61 bits per heavy atom. The molecule has 1 aromatic carbocycles. The molecule has 6 heteroatoms. The first-order chi connectivity index (χ1) is 8.54. The predicted octanol–water partition coefficient (Wildman–Crippen LogP) is 2.31. The van der Waals surface area contributed by atoms with Crippen molar-refractivity contribution in [3.63, 3.8) is 0 Å². The zero-order chi connectivity index (χ0) is 13.3. The molecule has 1 heterocycles. The molecule has 1 aromatic rings. The van der Waals surface area contributed by atoms with Crippen molar-refractivity contribution in [3.05, 3.63) is 38.3 Å². The Hall–Kier alpha value is -0.980. The van der Waals surface area contributed by atoms with Crippen LogP contribution in [0.3, 0.4) is 0 Å². The van der Waals surface area contributed by atoms with Gasteiger partial charge < -0.3 is 5.73 Å². The van der Waals surface area contributed by atoms with E-state index in [1.54, 1.807) is 6.07 Å². The van der Waals surface area contributed by atoms with E-state index in [1.165, 1.54) is 0 Å². The molecule has 1 fully saturated rings. The number of nitro groups is 1. The second-order valence-corrected chi connectivity index (χ2v) is 5.59. The van der Waals surface area contributed by atoms with E-state index < -0.39 is 0 Å². The Bertz CT molecular complexity index is 467. The average molecular weight is 314 g/mol. The molecule has 1 saturated heterocycles. The summed E-state index contributed by atoms with van der Waals surface area (Å²) in [5, 5.41) is 11.2. The molecule has 2 unspecified atom stereocenters. The molecule has 0 bridgehead atoms. The van der Waals surface area contributed by atoms with Gasteiger partial charge in [-0.05, 0) is 44.6 Å². The summed E-state index contributed by atoms with van der Waals surface area (Å²) < 4.78 is 0.725. The average Bonchev–Trinajstić information content (AvgIpc) is 2.70. The number of nitrogens with two attached hydrogens (primary N) is 1. The van der Waals surface area contributed by atoms with Crippen LogP contribution in [0.15, 0.2) is 22.7 Å². The molecule has 0 saturated carbocycles. The van der Waals surface area contributed by atoms with Crippen LogP contribution in [0.1, 0.15) is 18.0 Å². The van der Waals surface area contributed by atoms with E-state index in [0.29, 0.717) is 6.54 Å². The van der Waals surface area contributed by atoms with E-state index in [9.17, 15) is 10.1 Å². The second kappa shape index (κ2) is 5.34. The fraction of sp³-hybridized carbons (Fsp3) is 0.500. The largest absolute Gasteiger partial charge is 0.330 e. The molecule has 98 valence electrons. The number of nitrogens with zero attached hydrogens (tertiary/aromatic N) is 2. The SMILES string of the molecule is CN1CCC(CN)C1c1ccc(Br)cc1[N+](=O)[O-]. The number of likely N-dealkylation sites (tertiary alicyclic amines) is 1. The summed E-state index contributed by atoms with van der Waals surface area (Å²) in [7, 11) is 1.99. The van der Waals surface area contributed by atoms with Crippen molar-refractivity contribution in [3.8, 4) is 0 Å². The quantitative estimate of drug-likeness (QED) is 0.686. The molecule has 0 spiro atoms. The van der Waals surface area contributed by atoms with E-state index in [-0.39, 0.29) is 22.6 Å². The Morgan fingerprint density at radius 2 is 2.33 bits per heavy atom. The third-order valence-electron chi connectivity index (χ3n) is 3.58. The number of hydrogen-bond donors (Lipinski definition) is 1. The van der Waals surface area contributed by atoms with Gasteiger partial charge in [-0.2, -0.15) is 0 Å².